The number of nitrogens with zero attached hydrogens (tertiary/aromatic N) is 1. The molecule has 6 heteroatoms. The summed E-state index contributed by atoms with van der Waals surface area (Å²) < 4.78 is 0. The summed E-state index contributed by atoms with van der Waals surface area (Å²) in [5.74, 6) is -1.23. The zero-order valence-corrected chi connectivity index (χ0v) is 15.4. The minimum Gasteiger partial charge on any atom is -0.346 e. The first-order chi connectivity index (χ1) is 12.7. The normalized spacial score (nSPS) is 14.9. The highest BCUT2D eigenvalue weighted by atomic mass is 32.1. The second-order valence-corrected chi connectivity index (χ2v) is 7.21. The van der Waals surface area contributed by atoms with Crippen LogP contribution in [-0.2, 0) is 22.6 Å². The molecular weight excluding hydrogens is 346 g/mol. The van der Waals surface area contributed by atoms with Crippen molar-refractivity contribution in [3.63, 3.8) is 0 Å². The Morgan fingerprint density at radius 3 is 2.65 bits per heavy atom. The highest BCUT2D eigenvalue weighted by Gasteiger charge is 2.26. The molecule has 2 aromatic rings. The molecular formula is C20H23N3O2S. The third kappa shape index (κ3) is 4.39. The number of hydrogen-bond donors (Lipinski definition) is 2. The molecule has 2 heterocycles. The van der Waals surface area contributed by atoms with Crippen LogP contribution in [0.5, 0.6) is 0 Å². The van der Waals surface area contributed by atoms with Gasteiger partial charge in [-0.25, -0.2) is 0 Å². The number of rotatable bonds is 6. The van der Waals surface area contributed by atoms with Gasteiger partial charge >= 0.3 is 11.8 Å². The largest absolute Gasteiger partial charge is 0.346 e. The summed E-state index contributed by atoms with van der Waals surface area (Å²) in [5, 5.41) is 7.32. The maximum Gasteiger partial charge on any atom is 0.309 e. The number of nitrogens with one attached hydrogen (secondary N) is 2. The summed E-state index contributed by atoms with van der Waals surface area (Å²) in [6.45, 7) is 5.99. The average molecular weight is 369 g/mol. The first-order valence-corrected chi connectivity index (χ1v) is 9.58. The second-order valence-electron chi connectivity index (χ2n) is 6.23. The predicted molar refractivity (Wildman–Crippen MR) is 104 cm³/mol. The van der Waals surface area contributed by atoms with Crippen LogP contribution < -0.4 is 10.6 Å². The van der Waals surface area contributed by atoms with Gasteiger partial charge in [-0.15, -0.1) is 17.9 Å². The Morgan fingerprint density at radius 1 is 1.15 bits per heavy atom. The van der Waals surface area contributed by atoms with Crippen LogP contribution in [-0.4, -0.2) is 36.3 Å². The number of carbonyl (C=O) groups excluding carboxylic acids is 2. The Balaban J connectivity index is 1.68. The van der Waals surface area contributed by atoms with Crippen molar-refractivity contribution in [2.24, 2.45) is 0 Å². The summed E-state index contributed by atoms with van der Waals surface area (Å²) in [6.07, 6.45) is 2.54. The smallest absolute Gasteiger partial charge is 0.309 e. The molecule has 26 heavy (non-hydrogen) atoms. The fourth-order valence-corrected chi connectivity index (χ4v) is 4.05. The zero-order valence-electron chi connectivity index (χ0n) is 14.6. The highest BCUT2D eigenvalue weighted by Crippen LogP contribution is 2.29. The van der Waals surface area contributed by atoms with Crippen LogP contribution in [0.25, 0.3) is 0 Å². The molecule has 1 aliphatic heterocycles. The van der Waals surface area contributed by atoms with Crippen molar-refractivity contribution < 1.29 is 9.59 Å². The van der Waals surface area contributed by atoms with Crippen molar-refractivity contribution in [1.29, 1.82) is 0 Å². The van der Waals surface area contributed by atoms with Crippen LogP contribution in [0.3, 0.4) is 0 Å². The van der Waals surface area contributed by atoms with Gasteiger partial charge in [-0.1, -0.05) is 36.4 Å². The lowest BCUT2D eigenvalue weighted by Crippen LogP contribution is -2.45. The Bertz CT molecular complexity index is 773. The monoisotopic (exact) mass is 369 g/mol. The molecule has 0 spiro atoms. The Labute approximate surface area is 157 Å². The van der Waals surface area contributed by atoms with Gasteiger partial charge in [0.15, 0.2) is 0 Å². The van der Waals surface area contributed by atoms with Crippen LogP contribution in [0.4, 0.5) is 0 Å². The van der Waals surface area contributed by atoms with E-state index in [4.69, 9.17) is 0 Å². The number of fused-ring (bicyclic) bond motifs is 1. The average Bonchev–Trinajstić information content (AvgIpc) is 3.20. The maximum atomic E-state index is 12.0. The van der Waals surface area contributed by atoms with Gasteiger partial charge in [0.25, 0.3) is 0 Å². The van der Waals surface area contributed by atoms with E-state index in [1.165, 1.54) is 16.0 Å². The van der Waals surface area contributed by atoms with Crippen LogP contribution in [0.2, 0.25) is 0 Å². The first kappa shape index (κ1) is 18.4. The van der Waals surface area contributed by atoms with Gasteiger partial charge in [0.2, 0.25) is 0 Å². The second kappa shape index (κ2) is 8.78. The van der Waals surface area contributed by atoms with E-state index < -0.39 is 11.8 Å². The molecule has 136 valence electrons. The molecule has 0 bridgehead atoms. The maximum absolute atomic E-state index is 12.0. The van der Waals surface area contributed by atoms with Gasteiger partial charge in [-0.3, -0.25) is 14.5 Å². The Morgan fingerprint density at radius 2 is 1.92 bits per heavy atom. The molecule has 1 aromatic carbocycles. The molecule has 0 radical (unpaired) electrons. The Hall–Kier alpha value is -2.44. The molecule has 0 saturated carbocycles. The fourth-order valence-electron chi connectivity index (χ4n) is 3.19. The van der Waals surface area contributed by atoms with E-state index in [1.54, 1.807) is 17.4 Å². The van der Waals surface area contributed by atoms with E-state index in [2.05, 4.69) is 52.4 Å². The third-order valence-electron chi connectivity index (χ3n) is 4.54. The molecule has 0 saturated heterocycles. The van der Waals surface area contributed by atoms with E-state index in [9.17, 15) is 9.59 Å². The molecule has 5 nitrogen and oxygen atoms in total. The van der Waals surface area contributed by atoms with Gasteiger partial charge in [0, 0.05) is 31.1 Å². The van der Waals surface area contributed by atoms with Crippen LogP contribution in [0, 0.1) is 0 Å². The molecule has 2 N–H and O–H groups in total. The van der Waals surface area contributed by atoms with Crippen molar-refractivity contribution in [3.8, 4) is 0 Å². The van der Waals surface area contributed by atoms with Crippen molar-refractivity contribution in [1.82, 2.24) is 15.5 Å². The quantitative estimate of drug-likeness (QED) is 0.607. The molecule has 2 amide bonds. The molecule has 1 atom stereocenters. The van der Waals surface area contributed by atoms with E-state index in [1.807, 2.05) is 11.4 Å². The van der Waals surface area contributed by atoms with Gasteiger partial charge in [0.1, 0.15) is 0 Å². The van der Waals surface area contributed by atoms with Crippen molar-refractivity contribution in [2.75, 3.05) is 19.6 Å². The summed E-state index contributed by atoms with van der Waals surface area (Å²) in [6, 6.07) is 12.6. The van der Waals surface area contributed by atoms with E-state index in [0.29, 0.717) is 6.54 Å². The highest BCUT2D eigenvalue weighted by molar-refractivity contribution is 7.10. The molecule has 0 fully saturated rings. The van der Waals surface area contributed by atoms with E-state index in [0.717, 1.165) is 19.5 Å². The molecule has 3 rings (SSSR count). The van der Waals surface area contributed by atoms with E-state index >= 15 is 0 Å². The first-order valence-electron chi connectivity index (χ1n) is 8.70. The minimum absolute atomic E-state index is 0.0551. The van der Waals surface area contributed by atoms with Crippen molar-refractivity contribution in [3.05, 3.63) is 70.4 Å². The van der Waals surface area contributed by atoms with Crippen molar-refractivity contribution >= 4 is 23.2 Å². The molecule has 1 unspecified atom stereocenters. The number of amides is 2. The Kier molecular flexibility index (Phi) is 6.20. The van der Waals surface area contributed by atoms with E-state index in [-0.39, 0.29) is 12.6 Å². The summed E-state index contributed by atoms with van der Waals surface area (Å²) in [5.41, 5.74) is 2.72. The van der Waals surface area contributed by atoms with Crippen LogP contribution >= 0.6 is 11.3 Å². The standard InChI is InChI=1S/C20H23N3O2S/c1-2-10-21-19(24)20(25)22-13-17(18-8-5-12-26-18)23-11-9-15-6-3-4-7-16(15)14-23/h2-8,12,17H,1,9-11,13-14H2,(H,21,24)(H,22,25). The lowest BCUT2D eigenvalue weighted by atomic mass is 9.98. The molecule has 1 aliphatic rings. The number of thiophene rings is 1. The summed E-state index contributed by atoms with van der Waals surface area (Å²) >= 11 is 1.67. The minimum atomic E-state index is -0.626. The molecule has 1 aromatic heterocycles. The fraction of sp³-hybridized carbons (Fsp3) is 0.300. The summed E-state index contributed by atoms with van der Waals surface area (Å²) in [7, 11) is 0. The number of carbonyl (C=O) groups is 2. The van der Waals surface area contributed by atoms with Crippen LogP contribution in [0.15, 0.2) is 54.4 Å². The lowest BCUT2D eigenvalue weighted by Gasteiger charge is -2.35. The third-order valence-corrected chi connectivity index (χ3v) is 5.52. The van der Waals surface area contributed by atoms with Crippen LogP contribution in [0.1, 0.15) is 22.0 Å². The topological polar surface area (TPSA) is 61.4 Å². The number of hydrogen-bond acceptors (Lipinski definition) is 4. The SMILES string of the molecule is C=CCNC(=O)C(=O)NCC(c1cccs1)N1CCc2ccccc2C1. The predicted octanol–water partition coefficient (Wildman–Crippen LogP) is 2.27. The van der Waals surface area contributed by atoms with Gasteiger partial charge in [0.05, 0.1) is 6.04 Å². The molecule has 0 aliphatic carbocycles. The van der Waals surface area contributed by atoms with Crippen molar-refractivity contribution in [2.45, 2.75) is 19.0 Å². The van der Waals surface area contributed by atoms with Gasteiger partial charge in [-0.05, 0) is 29.0 Å². The summed E-state index contributed by atoms with van der Waals surface area (Å²) in [4.78, 5) is 27.4. The lowest BCUT2D eigenvalue weighted by molar-refractivity contribution is -0.139. The van der Waals surface area contributed by atoms with Gasteiger partial charge in [-0.2, -0.15) is 0 Å². The zero-order chi connectivity index (χ0) is 18.4. The number of benzene rings is 1. The van der Waals surface area contributed by atoms with Gasteiger partial charge < -0.3 is 10.6 Å².